The van der Waals surface area contributed by atoms with Gasteiger partial charge in [0.15, 0.2) is 0 Å². The summed E-state index contributed by atoms with van der Waals surface area (Å²) in [5.41, 5.74) is 3.65. The van der Waals surface area contributed by atoms with Crippen LogP contribution in [-0.2, 0) is 0 Å². The molecule has 0 radical (unpaired) electrons. The molecule has 0 spiro atoms. The first-order chi connectivity index (χ1) is 7.83. The Hall–Kier alpha value is -0.940. The fourth-order valence-corrected chi connectivity index (χ4v) is 3.12. The average Bonchev–Trinajstić information content (AvgIpc) is 2.76. The van der Waals surface area contributed by atoms with Crippen LogP contribution >= 0.6 is 11.8 Å². The van der Waals surface area contributed by atoms with Crippen LogP contribution in [0.5, 0.6) is 0 Å². The molecule has 2 unspecified atom stereocenters. The first kappa shape index (κ1) is 11.5. The number of anilines is 2. The number of hydrogen-bond acceptors (Lipinski definition) is 5. The highest BCUT2D eigenvalue weighted by atomic mass is 32.2. The molecule has 1 aliphatic rings. The molecule has 2 atom stereocenters. The number of hydrazine groups is 1. The topological polar surface area (TPSA) is 63.0 Å². The number of rotatable bonds is 4. The minimum Gasteiger partial charge on any atom is -0.381 e. The van der Waals surface area contributed by atoms with Gasteiger partial charge in [0.1, 0.15) is 5.82 Å². The Kier molecular flexibility index (Phi) is 3.90. The Bertz CT molecular complexity index is 345. The molecule has 4 nitrogen and oxygen atoms in total. The maximum Gasteiger partial charge on any atom is 0.141 e. The molecule has 1 fully saturated rings. The van der Waals surface area contributed by atoms with Gasteiger partial charge in [0.05, 0.1) is 0 Å². The van der Waals surface area contributed by atoms with Crippen molar-refractivity contribution in [2.75, 3.05) is 17.0 Å². The molecule has 1 saturated carbocycles. The van der Waals surface area contributed by atoms with Crippen molar-refractivity contribution in [1.29, 1.82) is 0 Å². The minimum absolute atomic E-state index is 0.572. The van der Waals surface area contributed by atoms with E-state index in [2.05, 4.69) is 22.0 Å². The van der Waals surface area contributed by atoms with Crippen LogP contribution in [0.4, 0.5) is 11.5 Å². The number of aromatic nitrogens is 1. The molecular formula is C11H18N4S. The van der Waals surface area contributed by atoms with Gasteiger partial charge in [-0.3, -0.25) is 0 Å². The van der Waals surface area contributed by atoms with Gasteiger partial charge in [-0.15, -0.1) is 0 Å². The molecule has 5 heteroatoms. The third kappa shape index (κ3) is 2.59. The van der Waals surface area contributed by atoms with E-state index in [1.165, 1.54) is 19.3 Å². The average molecular weight is 238 g/mol. The molecule has 16 heavy (non-hydrogen) atoms. The first-order valence-corrected chi connectivity index (χ1v) is 6.84. The van der Waals surface area contributed by atoms with Crippen molar-refractivity contribution in [2.45, 2.75) is 30.6 Å². The van der Waals surface area contributed by atoms with E-state index in [1.807, 2.05) is 23.9 Å². The van der Waals surface area contributed by atoms with Gasteiger partial charge in [0.2, 0.25) is 0 Å². The summed E-state index contributed by atoms with van der Waals surface area (Å²) in [6.07, 6.45) is 7.83. The summed E-state index contributed by atoms with van der Waals surface area (Å²) in [6.45, 7) is 0. The fourth-order valence-electron chi connectivity index (χ4n) is 2.19. The van der Waals surface area contributed by atoms with E-state index in [4.69, 9.17) is 5.84 Å². The summed E-state index contributed by atoms with van der Waals surface area (Å²) >= 11 is 1.95. The van der Waals surface area contributed by atoms with Crippen LogP contribution in [0, 0.1) is 0 Å². The summed E-state index contributed by atoms with van der Waals surface area (Å²) in [6, 6.07) is 4.50. The van der Waals surface area contributed by atoms with Gasteiger partial charge in [0.25, 0.3) is 0 Å². The minimum atomic E-state index is 0.572. The van der Waals surface area contributed by atoms with Crippen LogP contribution in [0.1, 0.15) is 19.3 Å². The fraction of sp³-hybridized carbons (Fsp3) is 0.545. The van der Waals surface area contributed by atoms with Gasteiger partial charge in [0, 0.05) is 29.2 Å². The molecule has 0 saturated heterocycles. The van der Waals surface area contributed by atoms with E-state index in [1.54, 1.807) is 6.20 Å². The van der Waals surface area contributed by atoms with E-state index in [0.29, 0.717) is 11.9 Å². The van der Waals surface area contributed by atoms with E-state index >= 15 is 0 Å². The Balaban J connectivity index is 2.02. The lowest BCUT2D eigenvalue weighted by Gasteiger charge is -2.20. The second-order valence-electron chi connectivity index (χ2n) is 4.03. The molecule has 88 valence electrons. The summed E-state index contributed by atoms with van der Waals surface area (Å²) in [5, 5.41) is 4.28. The van der Waals surface area contributed by atoms with Crippen LogP contribution in [0.25, 0.3) is 0 Å². The molecule has 1 aromatic rings. The molecule has 0 amide bonds. The Morgan fingerprint density at radius 1 is 1.50 bits per heavy atom. The lowest BCUT2D eigenvalue weighted by molar-refractivity contribution is 0.768. The lowest BCUT2D eigenvalue weighted by atomic mass is 10.2. The summed E-state index contributed by atoms with van der Waals surface area (Å²) in [4.78, 5) is 4.09. The number of nitrogens with zero attached hydrogens (tertiary/aromatic N) is 1. The summed E-state index contributed by atoms with van der Waals surface area (Å²) in [7, 11) is 0. The summed E-state index contributed by atoms with van der Waals surface area (Å²) < 4.78 is 0. The molecule has 1 heterocycles. The Morgan fingerprint density at radius 3 is 3.12 bits per heavy atom. The molecule has 1 aromatic heterocycles. The van der Waals surface area contributed by atoms with Crippen LogP contribution in [0.2, 0.25) is 0 Å². The predicted octanol–water partition coefficient (Wildman–Crippen LogP) is 2.06. The van der Waals surface area contributed by atoms with Gasteiger partial charge in [-0.05, 0) is 25.2 Å². The number of hydrogen-bond donors (Lipinski definition) is 3. The SMILES string of the molecule is CSC1CCCC1Nc1ccnc(NN)c1. The normalized spacial score (nSPS) is 24.4. The zero-order valence-electron chi connectivity index (χ0n) is 9.44. The van der Waals surface area contributed by atoms with Crippen molar-refractivity contribution in [1.82, 2.24) is 4.98 Å². The molecule has 0 aromatic carbocycles. The highest BCUT2D eigenvalue weighted by Gasteiger charge is 2.26. The van der Waals surface area contributed by atoms with Crippen molar-refractivity contribution in [3.05, 3.63) is 18.3 Å². The van der Waals surface area contributed by atoms with Gasteiger partial charge in [-0.25, -0.2) is 10.8 Å². The van der Waals surface area contributed by atoms with E-state index in [9.17, 15) is 0 Å². The smallest absolute Gasteiger partial charge is 0.141 e. The first-order valence-electron chi connectivity index (χ1n) is 5.55. The number of nitrogens with two attached hydrogens (primary N) is 1. The number of pyridine rings is 1. The molecule has 0 aliphatic heterocycles. The third-order valence-corrected chi connectivity index (χ3v) is 4.18. The van der Waals surface area contributed by atoms with Crippen molar-refractivity contribution >= 4 is 23.3 Å². The number of nitrogens with one attached hydrogen (secondary N) is 2. The van der Waals surface area contributed by atoms with E-state index in [0.717, 1.165) is 10.9 Å². The Morgan fingerprint density at radius 2 is 2.38 bits per heavy atom. The largest absolute Gasteiger partial charge is 0.381 e. The molecule has 4 N–H and O–H groups in total. The second-order valence-corrected chi connectivity index (χ2v) is 5.11. The molecule has 1 aliphatic carbocycles. The third-order valence-electron chi connectivity index (χ3n) is 3.02. The molecule has 2 rings (SSSR count). The lowest BCUT2D eigenvalue weighted by Crippen LogP contribution is -2.25. The van der Waals surface area contributed by atoms with Crippen molar-refractivity contribution < 1.29 is 0 Å². The summed E-state index contributed by atoms with van der Waals surface area (Å²) in [5.74, 6) is 6.03. The number of thioether (sulfide) groups is 1. The Labute approximate surface area is 100 Å². The zero-order chi connectivity index (χ0) is 11.4. The van der Waals surface area contributed by atoms with Crippen molar-refractivity contribution in [3.8, 4) is 0 Å². The van der Waals surface area contributed by atoms with E-state index in [-0.39, 0.29) is 0 Å². The van der Waals surface area contributed by atoms with Gasteiger partial charge in [-0.2, -0.15) is 11.8 Å². The molecule has 0 bridgehead atoms. The highest BCUT2D eigenvalue weighted by molar-refractivity contribution is 7.99. The number of nitrogen functional groups attached to an aromatic ring is 1. The van der Waals surface area contributed by atoms with Gasteiger partial charge in [-0.1, -0.05) is 6.42 Å². The maximum atomic E-state index is 5.34. The maximum absolute atomic E-state index is 5.34. The van der Waals surface area contributed by atoms with Crippen LogP contribution < -0.4 is 16.6 Å². The molecular weight excluding hydrogens is 220 g/mol. The van der Waals surface area contributed by atoms with Crippen molar-refractivity contribution in [2.24, 2.45) is 5.84 Å². The van der Waals surface area contributed by atoms with Crippen LogP contribution in [-0.4, -0.2) is 22.5 Å². The second kappa shape index (κ2) is 5.41. The van der Waals surface area contributed by atoms with Crippen LogP contribution in [0.3, 0.4) is 0 Å². The van der Waals surface area contributed by atoms with E-state index < -0.39 is 0 Å². The van der Waals surface area contributed by atoms with Crippen LogP contribution in [0.15, 0.2) is 18.3 Å². The predicted molar refractivity (Wildman–Crippen MR) is 70.6 cm³/mol. The standard InChI is InChI=1S/C11H18N4S/c1-16-10-4-2-3-9(10)14-8-5-6-13-11(7-8)15-12/h5-7,9-10H,2-4,12H2,1H3,(H2,13,14,15). The van der Waals surface area contributed by atoms with Crippen molar-refractivity contribution in [3.63, 3.8) is 0 Å². The van der Waals surface area contributed by atoms with Gasteiger partial charge < -0.3 is 10.7 Å². The quantitative estimate of drug-likeness (QED) is 0.553. The zero-order valence-corrected chi connectivity index (χ0v) is 10.3. The van der Waals surface area contributed by atoms with Gasteiger partial charge >= 0.3 is 0 Å². The highest BCUT2D eigenvalue weighted by Crippen LogP contribution is 2.30. The monoisotopic (exact) mass is 238 g/mol.